The summed E-state index contributed by atoms with van der Waals surface area (Å²) < 4.78 is 44.7. The number of halogens is 3. The van der Waals surface area contributed by atoms with Crippen LogP contribution in [0.25, 0.3) is 0 Å². The fourth-order valence-corrected chi connectivity index (χ4v) is 2.76. The average Bonchev–Trinajstić information content (AvgIpc) is 2.91. The number of benzene rings is 2. The lowest BCUT2D eigenvalue weighted by Crippen LogP contribution is -2.31. The predicted molar refractivity (Wildman–Crippen MR) is 83.3 cm³/mol. The molecule has 0 radical (unpaired) electrons. The number of amides is 1. The van der Waals surface area contributed by atoms with Crippen LogP contribution in [0.15, 0.2) is 54.6 Å². The largest absolute Gasteiger partial charge is 0.416 e. The van der Waals surface area contributed by atoms with Crippen molar-refractivity contribution in [2.24, 2.45) is 0 Å². The molecule has 0 aromatic heterocycles. The molecule has 0 bridgehead atoms. The predicted octanol–water partition coefficient (Wildman–Crippen LogP) is 4.55. The molecule has 2 aromatic rings. The molecule has 3 rings (SSSR count). The molecule has 24 heavy (non-hydrogen) atoms. The van der Waals surface area contributed by atoms with Crippen LogP contribution in [0.5, 0.6) is 0 Å². The van der Waals surface area contributed by atoms with Crippen LogP contribution in [0.2, 0.25) is 0 Å². The second kappa shape index (κ2) is 6.28. The Hall–Kier alpha value is -2.34. The molecule has 0 N–H and O–H groups in total. The second-order valence-corrected chi connectivity index (χ2v) is 5.55. The maximum atomic E-state index is 13.0. The maximum absolute atomic E-state index is 13.0. The summed E-state index contributed by atoms with van der Waals surface area (Å²) in [4.78, 5) is 13.9. The molecule has 126 valence electrons. The third-order valence-electron chi connectivity index (χ3n) is 3.95. The summed E-state index contributed by atoms with van der Waals surface area (Å²) in [5.74, 6) is -0.328. The highest BCUT2D eigenvalue weighted by Gasteiger charge is 2.42. The summed E-state index contributed by atoms with van der Waals surface area (Å²) in [6, 6.07) is 13.8. The molecule has 2 atom stereocenters. The third kappa shape index (κ3) is 3.01. The standard InChI is InChI=1S/C18H16F3NO2/c1-2-15-16(23)22(17(24-15)12-7-4-3-5-8-12)14-10-6-9-13(11-14)18(19,20)21/h3-11,15,17H,2H2,1H3. The van der Waals surface area contributed by atoms with Crippen molar-refractivity contribution in [1.82, 2.24) is 0 Å². The van der Waals surface area contributed by atoms with Gasteiger partial charge in [-0.25, -0.2) is 0 Å². The van der Waals surface area contributed by atoms with Gasteiger partial charge in [-0.15, -0.1) is 0 Å². The van der Waals surface area contributed by atoms with E-state index in [1.807, 2.05) is 6.07 Å². The minimum Gasteiger partial charge on any atom is -0.341 e. The number of ether oxygens (including phenoxy) is 1. The van der Waals surface area contributed by atoms with Gasteiger partial charge in [-0.2, -0.15) is 13.2 Å². The molecular formula is C18H16F3NO2. The quantitative estimate of drug-likeness (QED) is 0.824. The zero-order valence-corrected chi connectivity index (χ0v) is 13.0. The number of rotatable bonds is 3. The van der Waals surface area contributed by atoms with E-state index in [0.717, 1.165) is 17.7 Å². The van der Waals surface area contributed by atoms with Crippen molar-refractivity contribution in [3.63, 3.8) is 0 Å². The van der Waals surface area contributed by atoms with Crippen molar-refractivity contribution < 1.29 is 22.7 Å². The molecule has 2 aromatic carbocycles. The van der Waals surface area contributed by atoms with E-state index in [-0.39, 0.29) is 11.6 Å². The first-order chi connectivity index (χ1) is 11.4. The van der Waals surface area contributed by atoms with Crippen LogP contribution in [0.4, 0.5) is 18.9 Å². The van der Waals surface area contributed by atoms with E-state index in [4.69, 9.17) is 4.74 Å². The Kier molecular flexibility index (Phi) is 4.32. The third-order valence-corrected chi connectivity index (χ3v) is 3.95. The van der Waals surface area contributed by atoms with E-state index in [1.54, 1.807) is 31.2 Å². The lowest BCUT2D eigenvalue weighted by molar-refractivity contribution is -0.137. The van der Waals surface area contributed by atoms with Crippen molar-refractivity contribution in [3.8, 4) is 0 Å². The van der Waals surface area contributed by atoms with Crippen LogP contribution < -0.4 is 4.90 Å². The molecule has 2 unspecified atom stereocenters. The van der Waals surface area contributed by atoms with Gasteiger partial charge in [0.2, 0.25) is 0 Å². The summed E-state index contributed by atoms with van der Waals surface area (Å²) in [5, 5.41) is 0. The summed E-state index contributed by atoms with van der Waals surface area (Å²) >= 11 is 0. The van der Waals surface area contributed by atoms with Gasteiger partial charge in [0.25, 0.3) is 5.91 Å². The van der Waals surface area contributed by atoms with Gasteiger partial charge in [-0.1, -0.05) is 43.3 Å². The lowest BCUT2D eigenvalue weighted by atomic mass is 10.1. The van der Waals surface area contributed by atoms with E-state index >= 15 is 0 Å². The number of hydrogen-bond donors (Lipinski definition) is 0. The van der Waals surface area contributed by atoms with Gasteiger partial charge in [-0.3, -0.25) is 9.69 Å². The molecule has 0 saturated carbocycles. The normalized spacial score (nSPS) is 21.3. The van der Waals surface area contributed by atoms with E-state index in [1.165, 1.54) is 17.0 Å². The minimum absolute atomic E-state index is 0.180. The molecule has 3 nitrogen and oxygen atoms in total. The summed E-state index contributed by atoms with van der Waals surface area (Å²) in [6.45, 7) is 1.81. The molecule has 1 saturated heterocycles. The SMILES string of the molecule is CCC1OC(c2ccccc2)N(c2cccc(C(F)(F)F)c2)C1=O. The fourth-order valence-electron chi connectivity index (χ4n) is 2.76. The molecule has 0 spiro atoms. The summed E-state index contributed by atoms with van der Waals surface area (Å²) in [6.07, 6.45) is -5.40. The topological polar surface area (TPSA) is 29.5 Å². The van der Waals surface area contributed by atoms with Crippen molar-refractivity contribution in [2.75, 3.05) is 4.90 Å². The Morgan fingerprint density at radius 2 is 1.79 bits per heavy atom. The van der Waals surface area contributed by atoms with Crippen molar-refractivity contribution in [3.05, 3.63) is 65.7 Å². The highest BCUT2D eigenvalue weighted by atomic mass is 19.4. The number of hydrogen-bond acceptors (Lipinski definition) is 2. The van der Waals surface area contributed by atoms with E-state index in [9.17, 15) is 18.0 Å². The van der Waals surface area contributed by atoms with Gasteiger partial charge < -0.3 is 4.74 Å². The molecule has 0 aliphatic carbocycles. The molecule has 1 fully saturated rings. The molecule has 1 amide bonds. The Morgan fingerprint density at radius 1 is 1.08 bits per heavy atom. The highest BCUT2D eigenvalue weighted by Crippen LogP contribution is 2.39. The maximum Gasteiger partial charge on any atom is 0.416 e. The van der Waals surface area contributed by atoms with Gasteiger partial charge in [-0.05, 0) is 24.6 Å². The van der Waals surface area contributed by atoms with Crippen molar-refractivity contribution in [1.29, 1.82) is 0 Å². The zero-order chi connectivity index (χ0) is 17.3. The van der Waals surface area contributed by atoms with Crippen LogP contribution in [0.3, 0.4) is 0 Å². The Morgan fingerprint density at radius 3 is 2.42 bits per heavy atom. The Balaban J connectivity index is 2.04. The van der Waals surface area contributed by atoms with Gasteiger partial charge in [0.15, 0.2) is 6.23 Å². The van der Waals surface area contributed by atoms with E-state index < -0.39 is 24.1 Å². The van der Waals surface area contributed by atoms with Gasteiger partial charge in [0.05, 0.1) is 5.56 Å². The Labute approximate surface area is 137 Å². The van der Waals surface area contributed by atoms with Gasteiger partial charge in [0, 0.05) is 11.3 Å². The average molecular weight is 335 g/mol. The number of anilines is 1. The van der Waals surface area contributed by atoms with Crippen LogP contribution >= 0.6 is 0 Å². The van der Waals surface area contributed by atoms with E-state index in [0.29, 0.717) is 6.42 Å². The van der Waals surface area contributed by atoms with Gasteiger partial charge in [0.1, 0.15) is 6.10 Å². The monoisotopic (exact) mass is 335 g/mol. The summed E-state index contributed by atoms with van der Waals surface area (Å²) in [5.41, 5.74) is 0.110. The van der Waals surface area contributed by atoms with Crippen LogP contribution in [0.1, 0.15) is 30.7 Å². The number of nitrogens with zero attached hydrogens (tertiary/aromatic N) is 1. The molecule has 1 heterocycles. The fraction of sp³-hybridized carbons (Fsp3) is 0.278. The zero-order valence-electron chi connectivity index (χ0n) is 13.0. The van der Waals surface area contributed by atoms with Crippen molar-refractivity contribution >= 4 is 11.6 Å². The first kappa shape index (κ1) is 16.5. The first-order valence-electron chi connectivity index (χ1n) is 7.62. The molecule has 6 heteroatoms. The van der Waals surface area contributed by atoms with Crippen molar-refractivity contribution in [2.45, 2.75) is 31.9 Å². The van der Waals surface area contributed by atoms with Crippen LogP contribution in [-0.2, 0) is 15.7 Å². The number of alkyl halides is 3. The Bertz CT molecular complexity index is 731. The first-order valence-corrected chi connectivity index (χ1v) is 7.62. The minimum atomic E-state index is -4.47. The number of carbonyl (C=O) groups is 1. The van der Waals surface area contributed by atoms with Crippen LogP contribution in [0, 0.1) is 0 Å². The number of carbonyl (C=O) groups excluding carboxylic acids is 1. The van der Waals surface area contributed by atoms with E-state index in [2.05, 4.69) is 0 Å². The summed E-state index contributed by atoms with van der Waals surface area (Å²) in [7, 11) is 0. The second-order valence-electron chi connectivity index (χ2n) is 5.55. The smallest absolute Gasteiger partial charge is 0.341 e. The lowest BCUT2D eigenvalue weighted by Gasteiger charge is -2.24. The van der Waals surface area contributed by atoms with Gasteiger partial charge >= 0.3 is 6.18 Å². The highest BCUT2D eigenvalue weighted by molar-refractivity contribution is 5.98. The molecule has 1 aliphatic heterocycles. The molecule has 1 aliphatic rings. The van der Waals surface area contributed by atoms with Crippen LogP contribution in [-0.4, -0.2) is 12.0 Å². The molecular weight excluding hydrogens is 319 g/mol.